The SMILES string of the molecule is Cc1nn(C)c(C)c1CNc1ccccc1I. The van der Waals surface area contributed by atoms with E-state index in [1.54, 1.807) is 0 Å². The zero-order chi connectivity index (χ0) is 12.4. The first-order valence-electron chi connectivity index (χ1n) is 5.57. The highest BCUT2D eigenvalue weighted by atomic mass is 127. The lowest BCUT2D eigenvalue weighted by atomic mass is 10.2. The molecule has 0 aliphatic carbocycles. The normalized spacial score (nSPS) is 10.6. The Morgan fingerprint density at radius 3 is 2.59 bits per heavy atom. The van der Waals surface area contributed by atoms with Gasteiger partial charge in [0.2, 0.25) is 0 Å². The van der Waals surface area contributed by atoms with E-state index in [-0.39, 0.29) is 0 Å². The smallest absolute Gasteiger partial charge is 0.0646 e. The molecule has 1 aromatic carbocycles. The highest BCUT2D eigenvalue weighted by Gasteiger charge is 2.09. The Morgan fingerprint density at radius 1 is 1.29 bits per heavy atom. The van der Waals surface area contributed by atoms with Gasteiger partial charge in [-0.25, -0.2) is 0 Å². The fraction of sp³-hybridized carbons (Fsp3) is 0.308. The van der Waals surface area contributed by atoms with Gasteiger partial charge in [0.25, 0.3) is 0 Å². The molecule has 0 amide bonds. The second-order valence-electron chi connectivity index (χ2n) is 4.11. The summed E-state index contributed by atoms with van der Waals surface area (Å²) in [6.45, 7) is 4.98. The Morgan fingerprint density at radius 2 is 2.00 bits per heavy atom. The van der Waals surface area contributed by atoms with Crippen LogP contribution in [-0.4, -0.2) is 9.78 Å². The number of rotatable bonds is 3. The van der Waals surface area contributed by atoms with Crippen LogP contribution < -0.4 is 5.32 Å². The van der Waals surface area contributed by atoms with E-state index in [0.717, 1.165) is 12.2 Å². The summed E-state index contributed by atoms with van der Waals surface area (Å²) in [5.74, 6) is 0. The number of para-hydroxylation sites is 1. The number of halogens is 1. The first-order valence-corrected chi connectivity index (χ1v) is 6.65. The first-order chi connectivity index (χ1) is 8.09. The summed E-state index contributed by atoms with van der Waals surface area (Å²) >= 11 is 2.34. The van der Waals surface area contributed by atoms with Gasteiger partial charge in [-0.15, -0.1) is 0 Å². The van der Waals surface area contributed by atoms with E-state index in [2.05, 4.69) is 59.0 Å². The molecule has 0 aliphatic rings. The molecule has 0 saturated heterocycles. The lowest BCUT2D eigenvalue weighted by Crippen LogP contribution is -2.03. The van der Waals surface area contributed by atoms with Crippen LogP contribution in [0, 0.1) is 17.4 Å². The molecule has 3 nitrogen and oxygen atoms in total. The number of aryl methyl sites for hydroxylation is 2. The molecule has 0 bridgehead atoms. The average molecular weight is 341 g/mol. The van der Waals surface area contributed by atoms with Crippen LogP contribution in [0.3, 0.4) is 0 Å². The summed E-state index contributed by atoms with van der Waals surface area (Å²) in [6.07, 6.45) is 0. The van der Waals surface area contributed by atoms with Gasteiger partial charge in [0, 0.05) is 34.1 Å². The van der Waals surface area contributed by atoms with Gasteiger partial charge in [0.15, 0.2) is 0 Å². The first kappa shape index (κ1) is 12.4. The Balaban J connectivity index is 2.15. The number of aromatic nitrogens is 2. The lowest BCUT2D eigenvalue weighted by molar-refractivity contribution is 0.730. The Kier molecular flexibility index (Phi) is 3.71. The third-order valence-corrected chi connectivity index (χ3v) is 3.93. The van der Waals surface area contributed by atoms with Crippen molar-refractivity contribution in [1.29, 1.82) is 0 Å². The van der Waals surface area contributed by atoms with Gasteiger partial charge in [-0.1, -0.05) is 12.1 Å². The van der Waals surface area contributed by atoms with Crippen molar-refractivity contribution in [2.24, 2.45) is 7.05 Å². The zero-order valence-electron chi connectivity index (χ0n) is 10.3. The second-order valence-corrected chi connectivity index (χ2v) is 5.27. The summed E-state index contributed by atoms with van der Waals surface area (Å²) < 4.78 is 3.17. The Hall–Kier alpha value is -1.04. The van der Waals surface area contributed by atoms with E-state index < -0.39 is 0 Å². The highest BCUT2D eigenvalue weighted by Crippen LogP contribution is 2.19. The summed E-state index contributed by atoms with van der Waals surface area (Å²) in [7, 11) is 1.98. The number of anilines is 1. The monoisotopic (exact) mass is 341 g/mol. The molecule has 1 aromatic heterocycles. The number of nitrogens with zero attached hydrogens (tertiary/aromatic N) is 2. The molecule has 0 radical (unpaired) electrons. The molecule has 17 heavy (non-hydrogen) atoms. The molecule has 2 rings (SSSR count). The van der Waals surface area contributed by atoms with Crippen LogP contribution in [0.4, 0.5) is 5.69 Å². The second kappa shape index (κ2) is 5.08. The summed E-state index contributed by atoms with van der Waals surface area (Å²) in [6, 6.07) is 8.30. The number of benzene rings is 1. The summed E-state index contributed by atoms with van der Waals surface area (Å²) in [4.78, 5) is 0. The van der Waals surface area contributed by atoms with Crippen molar-refractivity contribution in [3.05, 3.63) is 44.8 Å². The minimum atomic E-state index is 0.825. The predicted molar refractivity (Wildman–Crippen MR) is 79.2 cm³/mol. The van der Waals surface area contributed by atoms with E-state index in [1.807, 2.05) is 23.9 Å². The van der Waals surface area contributed by atoms with Crippen molar-refractivity contribution >= 4 is 28.3 Å². The van der Waals surface area contributed by atoms with Crippen molar-refractivity contribution in [2.45, 2.75) is 20.4 Å². The molecule has 2 aromatic rings. The molecule has 0 unspecified atom stereocenters. The Labute approximate surface area is 115 Å². The molecule has 0 atom stereocenters. The molecular weight excluding hydrogens is 325 g/mol. The maximum absolute atomic E-state index is 4.42. The summed E-state index contributed by atoms with van der Waals surface area (Å²) in [5, 5.41) is 7.88. The topological polar surface area (TPSA) is 29.9 Å². The van der Waals surface area contributed by atoms with Crippen molar-refractivity contribution < 1.29 is 0 Å². The molecule has 1 N–H and O–H groups in total. The van der Waals surface area contributed by atoms with Gasteiger partial charge >= 0.3 is 0 Å². The van der Waals surface area contributed by atoms with Crippen LogP contribution in [0.15, 0.2) is 24.3 Å². The van der Waals surface area contributed by atoms with E-state index in [4.69, 9.17) is 0 Å². The zero-order valence-corrected chi connectivity index (χ0v) is 12.4. The quantitative estimate of drug-likeness (QED) is 0.869. The van der Waals surface area contributed by atoms with Gasteiger partial charge in [-0.3, -0.25) is 4.68 Å². The maximum Gasteiger partial charge on any atom is 0.0646 e. The summed E-state index contributed by atoms with van der Waals surface area (Å²) in [5.41, 5.74) is 4.78. The molecular formula is C13H16IN3. The van der Waals surface area contributed by atoms with Crippen LogP contribution in [0.1, 0.15) is 17.0 Å². The lowest BCUT2D eigenvalue weighted by Gasteiger charge is -2.08. The fourth-order valence-corrected chi connectivity index (χ4v) is 2.44. The predicted octanol–water partition coefficient (Wildman–Crippen LogP) is 3.25. The van der Waals surface area contributed by atoms with Gasteiger partial charge in [-0.2, -0.15) is 5.10 Å². The third-order valence-electron chi connectivity index (χ3n) is 2.99. The minimum Gasteiger partial charge on any atom is -0.380 e. The molecule has 1 heterocycles. The maximum atomic E-state index is 4.42. The van der Waals surface area contributed by atoms with Gasteiger partial charge < -0.3 is 5.32 Å². The molecule has 4 heteroatoms. The van der Waals surface area contributed by atoms with Crippen molar-refractivity contribution in [3.63, 3.8) is 0 Å². The van der Waals surface area contributed by atoms with E-state index in [0.29, 0.717) is 0 Å². The van der Waals surface area contributed by atoms with Crippen molar-refractivity contribution in [3.8, 4) is 0 Å². The standard InChI is InChI=1S/C13H16IN3/c1-9-11(10(2)17(3)16-9)8-15-13-7-5-4-6-12(13)14/h4-7,15H,8H2,1-3H3. The van der Waals surface area contributed by atoms with E-state index in [9.17, 15) is 0 Å². The number of hydrogen-bond donors (Lipinski definition) is 1. The van der Waals surface area contributed by atoms with Crippen LogP contribution >= 0.6 is 22.6 Å². The molecule has 0 fully saturated rings. The van der Waals surface area contributed by atoms with Crippen molar-refractivity contribution in [2.75, 3.05) is 5.32 Å². The number of nitrogens with one attached hydrogen (secondary N) is 1. The third kappa shape index (κ3) is 2.62. The van der Waals surface area contributed by atoms with Gasteiger partial charge in [0.05, 0.1) is 5.69 Å². The molecule has 90 valence electrons. The van der Waals surface area contributed by atoms with Crippen LogP contribution in [0.2, 0.25) is 0 Å². The van der Waals surface area contributed by atoms with Crippen LogP contribution in [0.5, 0.6) is 0 Å². The van der Waals surface area contributed by atoms with Crippen molar-refractivity contribution in [1.82, 2.24) is 9.78 Å². The van der Waals surface area contributed by atoms with Crippen LogP contribution in [-0.2, 0) is 13.6 Å². The Bertz CT molecular complexity index is 531. The van der Waals surface area contributed by atoms with Gasteiger partial charge in [0.1, 0.15) is 0 Å². The van der Waals surface area contributed by atoms with Crippen LogP contribution in [0.25, 0.3) is 0 Å². The average Bonchev–Trinajstić information content (AvgIpc) is 2.53. The molecule has 0 aliphatic heterocycles. The number of hydrogen-bond acceptors (Lipinski definition) is 2. The fourth-order valence-electron chi connectivity index (χ4n) is 1.86. The highest BCUT2D eigenvalue weighted by molar-refractivity contribution is 14.1. The van der Waals surface area contributed by atoms with E-state index >= 15 is 0 Å². The molecule has 0 saturated carbocycles. The molecule has 0 spiro atoms. The van der Waals surface area contributed by atoms with E-state index in [1.165, 1.54) is 20.5 Å². The largest absolute Gasteiger partial charge is 0.380 e. The minimum absolute atomic E-state index is 0.825. The van der Waals surface area contributed by atoms with Gasteiger partial charge in [-0.05, 0) is 48.6 Å².